The highest BCUT2D eigenvalue weighted by Crippen LogP contribution is 2.36. The van der Waals surface area contributed by atoms with Crippen LogP contribution in [0.5, 0.6) is 0 Å². The number of halogens is 4. The third-order valence-electron chi connectivity index (χ3n) is 11.1. The number of aromatic amines is 2. The Balaban J connectivity index is 0.000000191. The number of aliphatic carboxylic acids is 1. The molecular weight excluding hydrogens is 904 g/mol. The molecule has 0 saturated carbocycles. The van der Waals surface area contributed by atoms with Crippen molar-refractivity contribution in [2.45, 2.75) is 34.1 Å². The first kappa shape index (κ1) is 45.9. The molecule has 1 saturated heterocycles. The maximum absolute atomic E-state index is 13.1. The summed E-state index contributed by atoms with van der Waals surface area (Å²) in [6.45, 7) is 5.74. The Bertz CT molecular complexity index is 3240. The molecule has 4 aromatic carbocycles. The predicted molar refractivity (Wildman–Crippen MR) is 256 cm³/mol. The molecule has 5 N–H and O–H groups in total. The topological polar surface area (TPSA) is 192 Å². The molecule has 1 fully saturated rings. The number of benzene rings is 4. The van der Waals surface area contributed by atoms with Gasteiger partial charge in [0.2, 0.25) is 17.8 Å². The molecule has 15 nitrogen and oxygen atoms in total. The first-order valence-electron chi connectivity index (χ1n) is 19.6. The smallest absolute Gasteiger partial charge is 0.307 e. The lowest BCUT2D eigenvalue weighted by Crippen LogP contribution is -2.41. The molecule has 19 heteroatoms. The zero-order chi connectivity index (χ0) is 44.9. The average Bonchev–Trinajstić information content (AvgIpc) is 3.74. The van der Waals surface area contributed by atoms with Gasteiger partial charge in [0.25, 0.3) is 11.1 Å². The monoisotopic (exact) mass is 945 g/mol. The number of aromatic nitrogens is 6. The third-order valence-corrected chi connectivity index (χ3v) is 12.4. The second-order valence-electron chi connectivity index (χ2n) is 15.0. The maximum Gasteiger partial charge on any atom is 0.307 e. The van der Waals surface area contributed by atoms with Crippen molar-refractivity contribution in [3.63, 3.8) is 0 Å². The fourth-order valence-electron chi connectivity index (χ4n) is 7.96. The van der Waals surface area contributed by atoms with Crippen molar-refractivity contribution in [2.75, 3.05) is 36.9 Å². The highest BCUT2D eigenvalue weighted by Gasteiger charge is 2.23. The third kappa shape index (κ3) is 8.61. The van der Waals surface area contributed by atoms with E-state index in [1.54, 1.807) is 76.5 Å². The van der Waals surface area contributed by atoms with E-state index >= 15 is 0 Å². The Morgan fingerprint density at radius 2 is 1.09 bits per heavy atom. The Labute approximate surface area is 385 Å². The molecule has 4 aromatic heterocycles. The van der Waals surface area contributed by atoms with Crippen molar-refractivity contribution < 1.29 is 19.4 Å². The molecule has 0 radical (unpaired) electrons. The molecule has 1 amide bonds. The first-order valence-corrected chi connectivity index (χ1v) is 21.1. The van der Waals surface area contributed by atoms with Crippen LogP contribution in [0.2, 0.25) is 20.1 Å². The van der Waals surface area contributed by atoms with Crippen molar-refractivity contribution in [1.29, 1.82) is 0 Å². The van der Waals surface area contributed by atoms with Gasteiger partial charge in [0.05, 0.1) is 90.4 Å². The van der Waals surface area contributed by atoms with Crippen molar-refractivity contribution >= 4 is 125 Å². The second-order valence-corrected chi connectivity index (χ2v) is 16.6. The fourth-order valence-corrected chi connectivity index (χ4v) is 8.94. The van der Waals surface area contributed by atoms with E-state index in [2.05, 4.69) is 30.6 Å². The van der Waals surface area contributed by atoms with Gasteiger partial charge in [-0.2, -0.15) is 0 Å². The Morgan fingerprint density at radius 1 is 0.688 bits per heavy atom. The highest BCUT2D eigenvalue weighted by atomic mass is 35.5. The van der Waals surface area contributed by atoms with Crippen LogP contribution < -0.4 is 21.8 Å². The number of nitrogens with zero attached hydrogens (tertiary/aromatic N) is 5. The maximum atomic E-state index is 13.1. The number of pyridine rings is 2. The lowest BCUT2D eigenvalue weighted by molar-refractivity contribution is -0.136. The van der Waals surface area contributed by atoms with Gasteiger partial charge in [0, 0.05) is 38.6 Å². The van der Waals surface area contributed by atoms with Gasteiger partial charge in [-0.1, -0.05) is 78.1 Å². The van der Waals surface area contributed by atoms with Crippen LogP contribution in [0.1, 0.15) is 29.9 Å². The summed E-state index contributed by atoms with van der Waals surface area (Å²) in [5.74, 6) is -0.0199. The van der Waals surface area contributed by atoms with E-state index < -0.39 is 5.97 Å². The van der Waals surface area contributed by atoms with Crippen LogP contribution in [-0.2, 0) is 41.3 Å². The number of nitrogens with one attached hydrogen (secondary N) is 4. The van der Waals surface area contributed by atoms with Gasteiger partial charge in [-0.05, 0) is 72.1 Å². The molecule has 5 heterocycles. The van der Waals surface area contributed by atoms with E-state index in [0.717, 1.165) is 10.9 Å². The molecule has 1 aliphatic rings. The van der Waals surface area contributed by atoms with Gasteiger partial charge in [-0.15, -0.1) is 0 Å². The van der Waals surface area contributed by atoms with Crippen LogP contribution in [0.25, 0.3) is 43.6 Å². The summed E-state index contributed by atoms with van der Waals surface area (Å²) in [7, 11) is 3.58. The van der Waals surface area contributed by atoms with Gasteiger partial charge >= 0.3 is 5.97 Å². The first-order chi connectivity index (χ1) is 30.1. The summed E-state index contributed by atoms with van der Waals surface area (Å²) >= 11 is 25.1. The Hall–Kier alpha value is -6.10. The lowest BCUT2D eigenvalue weighted by atomic mass is 10.00. The summed E-state index contributed by atoms with van der Waals surface area (Å²) < 4.78 is 8.89. The number of carbonyl (C=O) groups excluding carboxylic acids is 1. The normalized spacial score (nSPS) is 12.7. The molecule has 0 unspecified atom stereocenters. The van der Waals surface area contributed by atoms with Crippen LogP contribution in [0.3, 0.4) is 0 Å². The predicted octanol–water partition coefficient (Wildman–Crippen LogP) is 9.21. The zero-order valence-corrected chi connectivity index (χ0v) is 37.3. The number of aryl methyl sites for hydroxylation is 4. The van der Waals surface area contributed by atoms with E-state index in [4.69, 9.17) is 51.1 Å². The van der Waals surface area contributed by atoms with Crippen LogP contribution >= 0.6 is 46.4 Å². The van der Waals surface area contributed by atoms with Crippen LogP contribution in [0, 0.1) is 13.8 Å². The molecule has 9 rings (SSSR count). The number of imidazole rings is 2. The number of carbonyl (C=O) groups is 2. The molecular formula is C45H43Cl4N9O6. The average molecular weight is 948 g/mol. The van der Waals surface area contributed by atoms with Crippen molar-refractivity contribution in [3.05, 3.63) is 124 Å². The van der Waals surface area contributed by atoms with Crippen molar-refractivity contribution in [1.82, 2.24) is 34.0 Å². The summed E-state index contributed by atoms with van der Waals surface area (Å²) in [5, 5.41) is 19.6. The minimum atomic E-state index is -0.970. The molecule has 0 bridgehead atoms. The number of rotatable bonds is 8. The number of fused-ring (bicyclic) bond motifs is 6. The summed E-state index contributed by atoms with van der Waals surface area (Å²) in [6, 6.07) is 17.6. The minimum Gasteiger partial charge on any atom is -0.481 e. The molecule has 0 aliphatic carbocycles. The van der Waals surface area contributed by atoms with E-state index in [9.17, 15) is 24.3 Å². The number of amides is 1. The van der Waals surface area contributed by atoms with Gasteiger partial charge in [-0.3, -0.25) is 19.2 Å². The quantitative estimate of drug-likeness (QED) is 0.0981. The van der Waals surface area contributed by atoms with E-state index in [-0.39, 0.29) is 37.3 Å². The Kier molecular flexibility index (Phi) is 13.3. The number of ether oxygens (including phenoxy) is 1. The van der Waals surface area contributed by atoms with E-state index in [1.165, 1.54) is 0 Å². The molecule has 8 aromatic rings. The number of hydrogen-bond acceptors (Lipinski definition) is 9. The number of para-hydroxylation sites is 2. The van der Waals surface area contributed by atoms with Crippen molar-refractivity contribution in [3.8, 4) is 0 Å². The standard InChI is InChI=1S/C24H23Cl2N5O3.C20H16Cl2N4O3.CH4/c1-13-15(12-19(32)31-8-10-34-11-9-31)14-6-7-18-22(20(14)23(33)27-13)30(2)24(28-18)29-21-16(25)4-3-5-17(21)26;1-9-11(8-15(27)28)10-6-7-14-18(16(10)19(29)23-9)26(2)20(24-14)25-17-12(21)4-3-5-13(17)22;/h3-7H,8-12H2,1-2H3,(H,27,33)(H,28,29);3-7H,8H2,1-2H3,(H,23,29)(H,24,25)(H,27,28);1H4. The largest absolute Gasteiger partial charge is 0.481 e. The second kappa shape index (κ2) is 18.6. The zero-order valence-electron chi connectivity index (χ0n) is 34.3. The number of H-pyrrole nitrogens is 2. The van der Waals surface area contributed by atoms with Crippen LogP contribution in [0.15, 0.2) is 70.3 Å². The summed E-state index contributed by atoms with van der Waals surface area (Å²) in [6.07, 6.45) is 0.00557. The van der Waals surface area contributed by atoms with Gasteiger partial charge in [0.1, 0.15) is 0 Å². The van der Waals surface area contributed by atoms with E-state index in [0.29, 0.717) is 125 Å². The number of hydrogen-bond donors (Lipinski definition) is 5. The lowest BCUT2D eigenvalue weighted by Gasteiger charge is -2.27. The number of anilines is 4. The molecule has 332 valence electrons. The summed E-state index contributed by atoms with van der Waals surface area (Å²) in [4.78, 5) is 66.9. The highest BCUT2D eigenvalue weighted by molar-refractivity contribution is 6.40. The SMILES string of the molecule is C.Cc1[nH]c(=O)c2c(ccc3nc(Nc4c(Cl)cccc4Cl)n(C)c32)c1CC(=O)N1CCOCC1.Cc1[nH]c(=O)c2c(ccc3nc(Nc4c(Cl)cccc4Cl)n(C)c32)c1CC(=O)O. The van der Waals surface area contributed by atoms with Crippen molar-refractivity contribution in [2.24, 2.45) is 14.1 Å². The number of carboxylic acids is 1. The van der Waals surface area contributed by atoms with Crippen LogP contribution in [-0.4, -0.2) is 77.3 Å². The number of morpholine rings is 1. The molecule has 0 spiro atoms. The molecule has 64 heavy (non-hydrogen) atoms. The number of carboxylic acid groups (broad SMARTS) is 1. The van der Waals surface area contributed by atoms with E-state index in [1.807, 2.05) is 26.1 Å². The summed E-state index contributed by atoms with van der Waals surface area (Å²) in [5.41, 5.74) is 5.57. The van der Waals surface area contributed by atoms with Gasteiger partial charge < -0.3 is 44.5 Å². The minimum absolute atomic E-state index is 0. The fraction of sp³-hybridized carbons (Fsp3) is 0.244. The van der Waals surface area contributed by atoms with Crippen LogP contribution in [0.4, 0.5) is 23.3 Å². The molecule has 0 atom stereocenters. The van der Waals surface area contributed by atoms with Gasteiger partial charge in [-0.25, -0.2) is 9.97 Å². The molecule has 1 aliphatic heterocycles. The Morgan fingerprint density at radius 3 is 1.50 bits per heavy atom. The van der Waals surface area contributed by atoms with Gasteiger partial charge in [0.15, 0.2) is 0 Å².